The number of amides is 1. The van der Waals surface area contributed by atoms with Gasteiger partial charge >= 0.3 is 6.09 Å². The van der Waals surface area contributed by atoms with E-state index in [-0.39, 0.29) is 12.1 Å². The van der Waals surface area contributed by atoms with Gasteiger partial charge in [0.15, 0.2) is 0 Å². The van der Waals surface area contributed by atoms with Crippen LogP contribution in [-0.4, -0.2) is 60.8 Å². The first-order valence-corrected chi connectivity index (χ1v) is 10.5. The highest BCUT2D eigenvalue weighted by Gasteiger charge is 2.28. The summed E-state index contributed by atoms with van der Waals surface area (Å²) < 4.78 is 5.57. The fraction of sp³-hybridized carbons (Fsp3) is 0.619. The lowest BCUT2D eigenvalue weighted by atomic mass is 10.1. The molecule has 1 atom stereocenters. The molecule has 0 saturated carbocycles. The van der Waals surface area contributed by atoms with Gasteiger partial charge in [-0.2, -0.15) is 5.10 Å². The number of aromatic amines is 1. The fourth-order valence-corrected chi connectivity index (χ4v) is 3.69. The van der Waals surface area contributed by atoms with Gasteiger partial charge in [0.2, 0.25) is 0 Å². The number of ether oxygens (including phenoxy) is 1. The van der Waals surface area contributed by atoms with E-state index >= 15 is 0 Å². The molecule has 0 spiro atoms. The van der Waals surface area contributed by atoms with Gasteiger partial charge in [-0.25, -0.2) is 14.8 Å². The molecule has 9 nitrogen and oxygen atoms in total. The van der Waals surface area contributed by atoms with Crippen LogP contribution >= 0.6 is 0 Å². The van der Waals surface area contributed by atoms with Gasteiger partial charge in [0.1, 0.15) is 17.2 Å². The Bertz CT molecular complexity index is 846. The van der Waals surface area contributed by atoms with Crippen molar-refractivity contribution < 1.29 is 9.53 Å². The average Bonchev–Trinajstić information content (AvgIpc) is 2.91. The van der Waals surface area contributed by atoms with Crippen LogP contribution in [0.3, 0.4) is 0 Å². The molecule has 1 fully saturated rings. The molecule has 1 aliphatic rings. The Kier molecular flexibility index (Phi) is 6.91. The summed E-state index contributed by atoms with van der Waals surface area (Å²) in [5.74, 6) is 1.17. The number of nitrogens with zero attached hydrogens (tertiary/aromatic N) is 5. The van der Waals surface area contributed by atoms with E-state index in [1.807, 2.05) is 38.8 Å². The molecule has 9 heteroatoms. The molecule has 0 bridgehead atoms. The van der Waals surface area contributed by atoms with Crippen molar-refractivity contribution in [2.45, 2.75) is 71.7 Å². The third-order valence-electron chi connectivity index (χ3n) is 5.24. The van der Waals surface area contributed by atoms with Gasteiger partial charge in [-0.15, -0.1) is 0 Å². The number of carbonyl (C=O) groups excluding carboxylic acids is 1. The summed E-state index contributed by atoms with van der Waals surface area (Å²) in [6, 6.07) is 1.98. The molecule has 0 aromatic carbocycles. The minimum Gasteiger partial charge on any atom is -0.444 e. The zero-order valence-electron chi connectivity index (χ0n) is 18.4. The molecule has 2 aromatic heterocycles. The van der Waals surface area contributed by atoms with Gasteiger partial charge in [0.05, 0.1) is 12.7 Å². The second kappa shape index (κ2) is 9.42. The van der Waals surface area contributed by atoms with Crippen molar-refractivity contribution in [3.8, 4) is 0 Å². The highest BCUT2D eigenvalue weighted by Crippen LogP contribution is 2.23. The van der Waals surface area contributed by atoms with Crippen LogP contribution in [0.15, 0.2) is 18.5 Å². The van der Waals surface area contributed by atoms with Crippen molar-refractivity contribution in [2.24, 2.45) is 0 Å². The summed E-state index contributed by atoms with van der Waals surface area (Å²) in [5.41, 5.74) is 7.57. The zero-order valence-corrected chi connectivity index (χ0v) is 18.4. The number of carbonyl (C=O) groups is 1. The van der Waals surface area contributed by atoms with E-state index < -0.39 is 5.60 Å². The van der Waals surface area contributed by atoms with Gasteiger partial charge in [-0.3, -0.25) is 10.00 Å². The van der Waals surface area contributed by atoms with Gasteiger partial charge in [-0.05, 0) is 53.0 Å². The highest BCUT2D eigenvalue weighted by atomic mass is 16.6. The van der Waals surface area contributed by atoms with E-state index in [9.17, 15) is 4.79 Å². The van der Waals surface area contributed by atoms with Crippen molar-refractivity contribution >= 4 is 11.9 Å². The first kappa shape index (κ1) is 22.0. The Hall–Kier alpha value is -2.68. The van der Waals surface area contributed by atoms with E-state index in [1.165, 1.54) is 0 Å². The third-order valence-corrected chi connectivity index (χ3v) is 5.24. The normalized spacial score (nSPS) is 17.8. The lowest BCUT2D eigenvalue weighted by molar-refractivity contribution is 0.0251. The van der Waals surface area contributed by atoms with Crippen LogP contribution in [0.4, 0.5) is 10.6 Å². The highest BCUT2D eigenvalue weighted by molar-refractivity contribution is 5.68. The monoisotopic (exact) mass is 415 g/mol. The standard InChI is InChI=1S/C21H33N7O2/c1-15-16(12-24-26-15)13-28(14-19-23-9-7-18(22)25-19)17-6-5-10-27(11-8-17)20(29)30-21(2,3)4/h7,9,12,17H,5-6,8,10-11,13-14H2,1-4H3,(H,24,26)(H2,22,23,25). The summed E-state index contributed by atoms with van der Waals surface area (Å²) in [6.45, 7) is 10.4. The molecule has 164 valence electrons. The number of rotatable bonds is 5. The molecule has 1 unspecified atom stereocenters. The number of likely N-dealkylation sites (tertiary alicyclic amines) is 1. The number of nitrogens with one attached hydrogen (secondary N) is 1. The van der Waals surface area contributed by atoms with Crippen LogP contribution in [0, 0.1) is 6.92 Å². The van der Waals surface area contributed by atoms with Crippen molar-refractivity contribution in [2.75, 3.05) is 18.8 Å². The number of aromatic nitrogens is 4. The van der Waals surface area contributed by atoms with Gasteiger partial charge in [0, 0.05) is 43.1 Å². The van der Waals surface area contributed by atoms with Gasteiger partial charge in [0.25, 0.3) is 0 Å². The lowest BCUT2D eigenvalue weighted by Crippen LogP contribution is -2.39. The Morgan fingerprint density at radius 1 is 1.33 bits per heavy atom. The number of hydrogen-bond donors (Lipinski definition) is 2. The summed E-state index contributed by atoms with van der Waals surface area (Å²) in [5, 5.41) is 7.17. The summed E-state index contributed by atoms with van der Waals surface area (Å²) in [4.78, 5) is 25.5. The maximum atomic E-state index is 12.5. The smallest absolute Gasteiger partial charge is 0.410 e. The van der Waals surface area contributed by atoms with Crippen molar-refractivity contribution in [1.29, 1.82) is 0 Å². The van der Waals surface area contributed by atoms with Crippen molar-refractivity contribution in [1.82, 2.24) is 30.0 Å². The van der Waals surface area contributed by atoms with Crippen LogP contribution in [0.25, 0.3) is 0 Å². The second-order valence-corrected chi connectivity index (χ2v) is 8.88. The van der Waals surface area contributed by atoms with E-state index in [2.05, 4.69) is 25.1 Å². The molecule has 3 heterocycles. The maximum Gasteiger partial charge on any atom is 0.410 e. The first-order valence-electron chi connectivity index (χ1n) is 10.5. The fourth-order valence-electron chi connectivity index (χ4n) is 3.69. The lowest BCUT2D eigenvalue weighted by Gasteiger charge is -2.31. The molecule has 1 aliphatic heterocycles. The van der Waals surface area contributed by atoms with Crippen LogP contribution in [0.2, 0.25) is 0 Å². The Morgan fingerprint density at radius 2 is 2.13 bits per heavy atom. The topological polar surface area (TPSA) is 113 Å². The molecule has 1 amide bonds. The zero-order chi connectivity index (χ0) is 21.7. The number of hydrogen-bond acceptors (Lipinski definition) is 7. The largest absolute Gasteiger partial charge is 0.444 e. The predicted molar refractivity (Wildman–Crippen MR) is 114 cm³/mol. The summed E-state index contributed by atoms with van der Waals surface area (Å²) >= 11 is 0. The Balaban J connectivity index is 1.72. The number of aryl methyl sites for hydroxylation is 1. The van der Waals surface area contributed by atoms with Gasteiger partial charge in [-0.1, -0.05) is 0 Å². The predicted octanol–water partition coefficient (Wildman–Crippen LogP) is 2.88. The molecule has 30 heavy (non-hydrogen) atoms. The Labute approximate surface area is 178 Å². The first-order chi connectivity index (χ1) is 14.2. The maximum absolute atomic E-state index is 12.5. The van der Waals surface area contributed by atoms with E-state index in [1.54, 1.807) is 12.3 Å². The minimum absolute atomic E-state index is 0.237. The number of anilines is 1. The van der Waals surface area contributed by atoms with Crippen LogP contribution in [0.5, 0.6) is 0 Å². The van der Waals surface area contributed by atoms with Crippen LogP contribution < -0.4 is 5.73 Å². The van der Waals surface area contributed by atoms with Gasteiger partial charge < -0.3 is 15.4 Å². The number of nitrogens with two attached hydrogens (primary N) is 1. The van der Waals surface area contributed by atoms with E-state index in [0.717, 1.165) is 37.1 Å². The van der Waals surface area contributed by atoms with E-state index in [4.69, 9.17) is 10.5 Å². The molecule has 2 aromatic rings. The van der Waals surface area contributed by atoms with Crippen molar-refractivity contribution in [3.05, 3.63) is 35.5 Å². The molecule has 3 rings (SSSR count). The number of H-pyrrole nitrogens is 1. The second-order valence-electron chi connectivity index (χ2n) is 8.88. The molecule has 1 saturated heterocycles. The van der Waals surface area contributed by atoms with Crippen LogP contribution in [-0.2, 0) is 17.8 Å². The molecular weight excluding hydrogens is 382 g/mol. The van der Waals surface area contributed by atoms with Crippen LogP contribution in [0.1, 0.15) is 57.1 Å². The van der Waals surface area contributed by atoms with Crippen molar-refractivity contribution in [3.63, 3.8) is 0 Å². The summed E-state index contributed by atoms with van der Waals surface area (Å²) in [6.07, 6.45) is 6.08. The quantitative estimate of drug-likeness (QED) is 0.772. The molecule has 0 radical (unpaired) electrons. The average molecular weight is 416 g/mol. The molecular formula is C21H33N7O2. The minimum atomic E-state index is -0.488. The SMILES string of the molecule is Cc1[nH]ncc1CN(Cc1nccc(N)n1)C1CCCN(C(=O)OC(C)(C)C)CC1. The third kappa shape index (κ3) is 6.16. The molecule has 0 aliphatic carbocycles. The van der Waals surface area contributed by atoms with E-state index in [0.29, 0.717) is 31.3 Å². The number of nitrogen functional groups attached to an aromatic ring is 1. The Morgan fingerprint density at radius 3 is 2.80 bits per heavy atom. The summed E-state index contributed by atoms with van der Waals surface area (Å²) in [7, 11) is 0. The molecule has 3 N–H and O–H groups in total.